The fourth-order valence-electron chi connectivity index (χ4n) is 2.44. The summed E-state index contributed by atoms with van der Waals surface area (Å²) in [5.74, 6) is -0.586. The van der Waals surface area contributed by atoms with Crippen LogP contribution in [-0.2, 0) is 14.8 Å². The van der Waals surface area contributed by atoms with Crippen molar-refractivity contribution in [3.05, 3.63) is 89.7 Å². The lowest BCUT2D eigenvalue weighted by atomic mass is 10.3. The third-order valence-electron chi connectivity index (χ3n) is 3.84. The van der Waals surface area contributed by atoms with Gasteiger partial charge < -0.3 is 0 Å². The van der Waals surface area contributed by atoms with Gasteiger partial charge in [-0.05, 0) is 54.1 Å². The average molecular weight is 429 g/mol. The van der Waals surface area contributed by atoms with Crippen LogP contribution in [0.3, 0.4) is 0 Å². The maximum absolute atomic E-state index is 13.1. The van der Waals surface area contributed by atoms with Crippen molar-refractivity contribution in [2.24, 2.45) is 5.10 Å². The van der Waals surface area contributed by atoms with E-state index in [1.165, 1.54) is 30.5 Å². The Morgan fingerprint density at radius 3 is 2.34 bits per heavy atom. The van der Waals surface area contributed by atoms with Crippen molar-refractivity contribution in [1.82, 2.24) is 10.4 Å². The molecule has 0 radical (unpaired) electrons. The number of sulfonamides is 1. The minimum absolute atomic E-state index is 0.0267. The van der Waals surface area contributed by atoms with Gasteiger partial charge in [-0.15, -0.1) is 0 Å². The summed E-state index contributed by atoms with van der Waals surface area (Å²) in [6.45, 7) is -0.442. The molecule has 0 spiro atoms. The fourth-order valence-corrected chi connectivity index (χ4v) is 3.98. The van der Waals surface area contributed by atoms with Crippen LogP contribution in [0.1, 0.15) is 5.56 Å². The summed E-state index contributed by atoms with van der Waals surface area (Å²) in [4.78, 5) is 16.3. The molecule has 1 amide bonds. The molecule has 0 saturated heterocycles. The molecule has 1 aromatic heterocycles. The van der Waals surface area contributed by atoms with E-state index >= 15 is 0 Å². The standard InChI is InChI=1S/C20H17ClN4O3S/c21-17-6-8-19(9-7-17)29(27,28)25(18-4-2-1-3-5-18)15-20(26)24-23-14-16-10-12-22-13-11-16/h1-14H,15H2,(H,24,26)/b23-14-. The van der Waals surface area contributed by atoms with Gasteiger partial charge in [0, 0.05) is 17.4 Å². The van der Waals surface area contributed by atoms with E-state index in [4.69, 9.17) is 11.6 Å². The number of amides is 1. The second kappa shape index (κ2) is 9.31. The Bertz CT molecular complexity index is 1090. The van der Waals surface area contributed by atoms with Crippen LogP contribution in [0.4, 0.5) is 5.69 Å². The smallest absolute Gasteiger partial charge is 0.264 e. The molecule has 29 heavy (non-hydrogen) atoms. The van der Waals surface area contributed by atoms with Crippen LogP contribution < -0.4 is 9.73 Å². The highest BCUT2D eigenvalue weighted by Gasteiger charge is 2.27. The number of hydrogen-bond acceptors (Lipinski definition) is 5. The summed E-state index contributed by atoms with van der Waals surface area (Å²) in [6.07, 6.45) is 4.64. The second-order valence-electron chi connectivity index (χ2n) is 5.87. The van der Waals surface area contributed by atoms with Crippen molar-refractivity contribution in [3.63, 3.8) is 0 Å². The highest BCUT2D eigenvalue weighted by Crippen LogP contribution is 2.24. The van der Waals surface area contributed by atoms with Gasteiger partial charge in [0.15, 0.2) is 0 Å². The van der Waals surface area contributed by atoms with Crippen molar-refractivity contribution in [1.29, 1.82) is 0 Å². The maximum atomic E-state index is 13.1. The molecule has 0 bridgehead atoms. The van der Waals surface area contributed by atoms with Gasteiger partial charge in [-0.3, -0.25) is 14.1 Å². The molecule has 3 rings (SSSR count). The number of para-hydroxylation sites is 1. The van der Waals surface area contributed by atoms with E-state index in [2.05, 4.69) is 15.5 Å². The fraction of sp³-hybridized carbons (Fsp3) is 0.0500. The topological polar surface area (TPSA) is 91.7 Å². The summed E-state index contributed by atoms with van der Waals surface area (Å²) in [7, 11) is -3.99. The molecule has 2 aromatic carbocycles. The lowest BCUT2D eigenvalue weighted by Gasteiger charge is -2.23. The summed E-state index contributed by atoms with van der Waals surface area (Å²) in [5, 5.41) is 4.28. The number of carbonyl (C=O) groups excluding carboxylic acids is 1. The van der Waals surface area contributed by atoms with Crippen molar-refractivity contribution >= 4 is 39.4 Å². The van der Waals surface area contributed by atoms with Crippen molar-refractivity contribution in [2.45, 2.75) is 4.90 Å². The third-order valence-corrected chi connectivity index (χ3v) is 5.88. The molecule has 0 aliphatic heterocycles. The largest absolute Gasteiger partial charge is 0.271 e. The number of carbonyl (C=O) groups is 1. The van der Waals surface area contributed by atoms with Crippen LogP contribution in [0, 0.1) is 0 Å². The molecule has 148 valence electrons. The minimum atomic E-state index is -3.99. The molecule has 0 unspecified atom stereocenters. The SMILES string of the molecule is O=C(CN(c1ccccc1)S(=O)(=O)c1ccc(Cl)cc1)N/N=C\c1ccncc1. The normalized spacial score (nSPS) is 11.3. The van der Waals surface area contributed by atoms with Crippen LogP contribution in [0.5, 0.6) is 0 Å². The lowest BCUT2D eigenvalue weighted by Crippen LogP contribution is -2.39. The zero-order chi connectivity index (χ0) is 20.7. The average Bonchev–Trinajstić information content (AvgIpc) is 2.73. The zero-order valence-electron chi connectivity index (χ0n) is 15.1. The van der Waals surface area contributed by atoms with Crippen LogP contribution in [0.15, 0.2) is 89.1 Å². The Morgan fingerprint density at radius 1 is 1.03 bits per heavy atom. The number of rotatable bonds is 7. The van der Waals surface area contributed by atoms with Gasteiger partial charge in [0.25, 0.3) is 15.9 Å². The monoisotopic (exact) mass is 428 g/mol. The number of hydrazone groups is 1. The Hall–Kier alpha value is -3.23. The van der Waals surface area contributed by atoms with Crippen molar-refractivity contribution in [3.8, 4) is 0 Å². The van der Waals surface area contributed by atoms with Crippen molar-refractivity contribution in [2.75, 3.05) is 10.8 Å². The van der Waals surface area contributed by atoms with Gasteiger partial charge in [-0.25, -0.2) is 13.8 Å². The summed E-state index contributed by atoms with van der Waals surface area (Å²) in [6, 6.07) is 17.6. The number of hydrogen-bond donors (Lipinski definition) is 1. The van der Waals surface area contributed by atoms with Crippen LogP contribution in [0.25, 0.3) is 0 Å². The first-order valence-corrected chi connectivity index (χ1v) is 10.3. The molecule has 7 nitrogen and oxygen atoms in total. The molecule has 1 heterocycles. The Kier molecular flexibility index (Phi) is 6.58. The number of pyridine rings is 1. The van der Waals surface area contributed by atoms with E-state index in [1.807, 2.05) is 0 Å². The van der Waals surface area contributed by atoms with Gasteiger partial charge in [0.2, 0.25) is 0 Å². The van der Waals surface area contributed by atoms with Gasteiger partial charge in [0.05, 0.1) is 16.8 Å². The van der Waals surface area contributed by atoms with E-state index in [1.54, 1.807) is 54.9 Å². The zero-order valence-corrected chi connectivity index (χ0v) is 16.7. The molecular formula is C20H17ClN4O3S. The predicted molar refractivity (Wildman–Crippen MR) is 112 cm³/mol. The number of aromatic nitrogens is 1. The van der Waals surface area contributed by atoms with Gasteiger partial charge in [-0.2, -0.15) is 5.10 Å². The lowest BCUT2D eigenvalue weighted by molar-refractivity contribution is -0.119. The van der Waals surface area contributed by atoms with E-state index in [0.29, 0.717) is 10.7 Å². The quantitative estimate of drug-likeness (QED) is 0.462. The van der Waals surface area contributed by atoms with E-state index in [9.17, 15) is 13.2 Å². The van der Waals surface area contributed by atoms with Crippen LogP contribution >= 0.6 is 11.6 Å². The van der Waals surface area contributed by atoms with Crippen LogP contribution in [-0.4, -0.2) is 32.1 Å². The molecule has 0 aliphatic carbocycles. The molecule has 0 aliphatic rings. The highest BCUT2D eigenvalue weighted by atomic mass is 35.5. The highest BCUT2D eigenvalue weighted by molar-refractivity contribution is 7.92. The van der Waals surface area contributed by atoms with Gasteiger partial charge >= 0.3 is 0 Å². The molecular weight excluding hydrogens is 412 g/mol. The first-order valence-electron chi connectivity index (χ1n) is 8.52. The molecule has 3 aromatic rings. The molecule has 0 fully saturated rings. The third kappa shape index (κ3) is 5.40. The maximum Gasteiger partial charge on any atom is 0.264 e. The van der Waals surface area contributed by atoms with E-state index in [-0.39, 0.29) is 4.90 Å². The first kappa shape index (κ1) is 20.5. The number of benzene rings is 2. The number of nitrogens with zero attached hydrogens (tertiary/aromatic N) is 3. The molecule has 1 N–H and O–H groups in total. The minimum Gasteiger partial charge on any atom is -0.271 e. The number of halogens is 1. The Balaban J connectivity index is 1.82. The summed E-state index contributed by atoms with van der Waals surface area (Å²) >= 11 is 5.86. The number of nitrogens with one attached hydrogen (secondary N) is 1. The molecule has 0 saturated carbocycles. The van der Waals surface area contributed by atoms with E-state index in [0.717, 1.165) is 9.87 Å². The van der Waals surface area contributed by atoms with Gasteiger partial charge in [-0.1, -0.05) is 29.8 Å². The molecule has 9 heteroatoms. The molecule has 0 atom stereocenters. The summed E-state index contributed by atoms with van der Waals surface area (Å²) < 4.78 is 27.3. The Morgan fingerprint density at radius 2 is 1.69 bits per heavy atom. The second-order valence-corrected chi connectivity index (χ2v) is 8.17. The Labute approximate surface area is 173 Å². The number of anilines is 1. The summed E-state index contributed by atoms with van der Waals surface area (Å²) in [5.41, 5.74) is 3.45. The predicted octanol–water partition coefficient (Wildman–Crippen LogP) is 3.08. The van der Waals surface area contributed by atoms with Crippen molar-refractivity contribution < 1.29 is 13.2 Å². The van der Waals surface area contributed by atoms with E-state index < -0.39 is 22.5 Å². The van der Waals surface area contributed by atoms with Gasteiger partial charge in [0.1, 0.15) is 6.54 Å². The first-order chi connectivity index (χ1) is 14.0. The van der Waals surface area contributed by atoms with Crippen LogP contribution in [0.2, 0.25) is 5.02 Å².